The highest BCUT2D eigenvalue weighted by atomic mass is 16.5. The molecule has 0 bridgehead atoms. The van der Waals surface area contributed by atoms with Crippen molar-refractivity contribution in [3.8, 4) is 0 Å². The Bertz CT molecular complexity index is 868. The van der Waals surface area contributed by atoms with Crippen LogP contribution in [-0.4, -0.2) is 30.0 Å². The maximum Gasteiger partial charge on any atom is 0.339 e. The van der Waals surface area contributed by atoms with E-state index in [9.17, 15) is 9.59 Å². The molecular weight excluding hydrogens is 340 g/mol. The van der Waals surface area contributed by atoms with Crippen molar-refractivity contribution in [2.24, 2.45) is 11.3 Å². The number of benzene rings is 1. The van der Waals surface area contributed by atoms with Crippen LogP contribution in [0.15, 0.2) is 24.3 Å². The summed E-state index contributed by atoms with van der Waals surface area (Å²) in [5, 5.41) is 3.45. The Morgan fingerprint density at radius 1 is 1.26 bits per heavy atom. The number of aromatic nitrogens is 1. The number of aryl methyl sites for hydroxylation is 1. The molecule has 0 saturated carbocycles. The second-order valence-corrected chi connectivity index (χ2v) is 8.26. The number of nitrogens with zero attached hydrogens (tertiary/aromatic N) is 1. The van der Waals surface area contributed by atoms with Gasteiger partial charge in [0.05, 0.1) is 11.1 Å². The molecule has 1 unspecified atom stereocenters. The van der Waals surface area contributed by atoms with Gasteiger partial charge in [0.1, 0.15) is 0 Å². The molecule has 2 aromatic rings. The summed E-state index contributed by atoms with van der Waals surface area (Å²) >= 11 is 0. The molecule has 1 amide bonds. The predicted octanol–water partition coefficient (Wildman–Crippen LogP) is 3.68. The van der Waals surface area contributed by atoms with Gasteiger partial charge in [-0.3, -0.25) is 9.78 Å². The molecule has 1 aromatic carbocycles. The van der Waals surface area contributed by atoms with Gasteiger partial charge in [-0.1, -0.05) is 39.0 Å². The molecule has 0 aliphatic heterocycles. The van der Waals surface area contributed by atoms with Crippen molar-refractivity contribution in [2.75, 3.05) is 13.2 Å². The van der Waals surface area contributed by atoms with Crippen LogP contribution in [0.3, 0.4) is 0 Å². The van der Waals surface area contributed by atoms with E-state index in [0.29, 0.717) is 18.0 Å². The average Bonchev–Trinajstić information content (AvgIpc) is 2.63. The number of nitrogens with one attached hydrogen (secondary N) is 1. The summed E-state index contributed by atoms with van der Waals surface area (Å²) in [5.74, 6) is -0.251. The summed E-state index contributed by atoms with van der Waals surface area (Å²) in [6.45, 7) is 8.80. The minimum atomic E-state index is -0.439. The Morgan fingerprint density at radius 2 is 2.00 bits per heavy atom. The summed E-state index contributed by atoms with van der Waals surface area (Å²) in [4.78, 5) is 29.5. The van der Waals surface area contributed by atoms with Gasteiger partial charge in [-0.2, -0.15) is 0 Å². The molecule has 1 N–H and O–H groups in total. The monoisotopic (exact) mass is 368 g/mol. The molecule has 0 radical (unpaired) electrons. The average molecular weight is 368 g/mol. The van der Waals surface area contributed by atoms with Crippen LogP contribution >= 0.6 is 0 Å². The number of carbonyl (C=O) groups is 2. The van der Waals surface area contributed by atoms with Gasteiger partial charge in [-0.05, 0) is 49.1 Å². The standard InChI is InChI=1S/C22H28N2O3/c1-5-23-19(25)13-27-21(26)20-15-8-6-7-9-17(15)24-18-11-10-14(12-16(18)20)22(2,3)4/h6-9,14H,5,10-13H2,1-4H3,(H,23,25). The number of hydrogen-bond acceptors (Lipinski definition) is 4. The molecule has 27 heavy (non-hydrogen) atoms. The maximum absolute atomic E-state index is 13.0. The van der Waals surface area contributed by atoms with Crippen LogP contribution in [0.1, 0.15) is 55.7 Å². The molecule has 5 heteroatoms. The number of fused-ring (bicyclic) bond motifs is 2. The van der Waals surface area contributed by atoms with Crippen molar-refractivity contribution in [1.29, 1.82) is 0 Å². The second kappa shape index (κ2) is 7.67. The molecule has 0 saturated heterocycles. The topological polar surface area (TPSA) is 68.3 Å². The Morgan fingerprint density at radius 3 is 2.70 bits per heavy atom. The van der Waals surface area contributed by atoms with Gasteiger partial charge in [0.15, 0.2) is 6.61 Å². The fourth-order valence-electron chi connectivity index (χ4n) is 3.81. The number of likely N-dealkylation sites (N-methyl/N-ethyl adjacent to an activating group) is 1. The lowest BCUT2D eigenvalue weighted by Gasteiger charge is -2.35. The predicted molar refractivity (Wildman–Crippen MR) is 106 cm³/mol. The summed E-state index contributed by atoms with van der Waals surface area (Å²) in [5.41, 5.74) is 3.51. The lowest BCUT2D eigenvalue weighted by atomic mass is 9.70. The van der Waals surface area contributed by atoms with E-state index in [1.165, 1.54) is 0 Å². The molecule has 0 spiro atoms. The van der Waals surface area contributed by atoms with E-state index in [-0.39, 0.29) is 17.9 Å². The first-order chi connectivity index (χ1) is 12.8. The zero-order valence-corrected chi connectivity index (χ0v) is 16.6. The van der Waals surface area contributed by atoms with E-state index < -0.39 is 5.97 Å². The van der Waals surface area contributed by atoms with Crippen LogP contribution in [0, 0.1) is 11.3 Å². The van der Waals surface area contributed by atoms with Crippen LogP contribution < -0.4 is 5.32 Å². The van der Waals surface area contributed by atoms with E-state index in [1.807, 2.05) is 31.2 Å². The lowest BCUT2D eigenvalue weighted by Crippen LogP contribution is -2.30. The normalized spacial score (nSPS) is 16.7. The molecular formula is C22H28N2O3. The zero-order valence-electron chi connectivity index (χ0n) is 16.6. The largest absolute Gasteiger partial charge is 0.452 e. The molecule has 1 aromatic heterocycles. The van der Waals surface area contributed by atoms with Crippen molar-refractivity contribution in [2.45, 2.75) is 47.0 Å². The first-order valence-corrected chi connectivity index (χ1v) is 9.65. The van der Waals surface area contributed by atoms with Crippen molar-refractivity contribution in [3.05, 3.63) is 41.1 Å². The lowest BCUT2D eigenvalue weighted by molar-refractivity contribution is -0.124. The highest BCUT2D eigenvalue weighted by Crippen LogP contribution is 2.39. The van der Waals surface area contributed by atoms with Crippen LogP contribution in [0.25, 0.3) is 10.9 Å². The Hall–Kier alpha value is -2.43. The zero-order chi connectivity index (χ0) is 19.6. The number of hydrogen-bond donors (Lipinski definition) is 1. The minimum absolute atomic E-state index is 0.158. The van der Waals surface area contributed by atoms with E-state index in [2.05, 4.69) is 26.1 Å². The van der Waals surface area contributed by atoms with Crippen molar-refractivity contribution < 1.29 is 14.3 Å². The number of carbonyl (C=O) groups excluding carboxylic acids is 2. The summed E-state index contributed by atoms with van der Waals surface area (Å²) in [6.07, 6.45) is 2.73. The number of ether oxygens (including phenoxy) is 1. The van der Waals surface area contributed by atoms with Gasteiger partial charge in [0, 0.05) is 17.6 Å². The van der Waals surface area contributed by atoms with Gasteiger partial charge >= 0.3 is 5.97 Å². The number of amides is 1. The van der Waals surface area contributed by atoms with Crippen LogP contribution in [0.5, 0.6) is 0 Å². The molecule has 1 aliphatic carbocycles. The van der Waals surface area contributed by atoms with Gasteiger partial charge in [-0.25, -0.2) is 4.79 Å². The molecule has 1 atom stereocenters. The van der Waals surface area contributed by atoms with Crippen LogP contribution in [0.2, 0.25) is 0 Å². The summed E-state index contributed by atoms with van der Waals surface area (Å²) < 4.78 is 5.36. The Balaban J connectivity index is 2.01. The van der Waals surface area contributed by atoms with Gasteiger partial charge in [-0.15, -0.1) is 0 Å². The van der Waals surface area contributed by atoms with Crippen molar-refractivity contribution >= 4 is 22.8 Å². The van der Waals surface area contributed by atoms with E-state index >= 15 is 0 Å². The third kappa shape index (κ3) is 4.12. The van der Waals surface area contributed by atoms with Gasteiger partial charge < -0.3 is 10.1 Å². The number of esters is 1. The molecule has 1 aliphatic rings. The minimum Gasteiger partial charge on any atom is -0.452 e. The first kappa shape index (κ1) is 19.3. The summed E-state index contributed by atoms with van der Waals surface area (Å²) in [6, 6.07) is 7.66. The van der Waals surface area contributed by atoms with E-state index in [1.54, 1.807) is 0 Å². The molecule has 0 fully saturated rings. The van der Waals surface area contributed by atoms with Gasteiger partial charge in [0.2, 0.25) is 0 Å². The van der Waals surface area contributed by atoms with Crippen LogP contribution in [0.4, 0.5) is 0 Å². The first-order valence-electron chi connectivity index (χ1n) is 9.65. The molecule has 3 rings (SSSR count). The highest BCUT2D eigenvalue weighted by Gasteiger charge is 2.33. The van der Waals surface area contributed by atoms with Crippen molar-refractivity contribution in [1.82, 2.24) is 10.3 Å². The SMILES string of the molecule is CCNC(=O)COC(=O)c1c2c(nc3ccccc13)CCC(C(C)(C)C)C2. The fraction of sp³-hybridized carbons (Fsp3) is 0.500. The number of para-hydroxylation sites is 1. The van der Waals surface area contributed by atoms with Crippen LogP contribution in [-0.2, 0) is 22.4 Å². The molecule has 1 heterocycles. The Kier molecular flexibility index (Phi) is 5.49. The Labute approximate surface area is 160 Å². The highest BCUT2D eigenvalue weighted by molar-refractivity contribution is 6.05. The third-order valence-electron chi connectivity index (χ3n) is 5.40. The number of pyridine rings is 1. The van der Waals surface area contributed by atoms with Gasteiger partial charge in [0.25, 0.3) is 5.91 Å². The molecule has 5 nitrogen and oxygen atoms in total. The second-order valence-electron chi connectivity index (χ2n) is 8.26. The number of rotatable bonds is 4. The quantitative estimate of drug-likeness (QED) is 0.836. The van der Waals surface area contributed by atoms with E-state index in [4.69, 9.17) is 9.72 Å². The maximum atomic E-state index is 13.0. The van der Waals surface area contributed by atoms with Crippen molar-refractivity contribution in [3.63, 3.8) is 0 Å². The smallest absolute Gasteiger partial charge is 0.339 e. The fourth-order valence-corrected chi connectivity index (χ4v) is 3.81. The molecule has 144 valence electrons. The van der Waals surface area contributed by atoms with E-state index in [0.717, 1.165) is 41.4 Å². The summed E-state index contributed by atoms with van der Waals surface area (Å²) in [7, 11) is 0. The third-order valence-corrected chi connectivity index (χ3v) is 5.40.